The molecule has 9 heteroatoms. The lowest BCUT2D eigenvalue weighted by Crippen LogP contribution is -2.35. The molecule has 1 aliphatic carbocycles. The number of benzene rings is 1. The summed E-state index contributed by atoms with van der Waals surface area (Å²) in [6.45, 7) is 1.85. The Bertz CT molecular complexity index is 1180. The van der Waals surface area contributed by atoms with Crippen LogP contribution in [0.2, 0.25) is 0 Å². The third-order valence-electron chi connectivity index (χ3n) is 6.01. The van der Waals surface area contributed by atoms with E-state index in [-0.39, 0.29) is 11.7 Å². The highest BCUT2D eigenvalue weighted by molar-refractivity contribution is 9.10. The highest BCUT2D eigenvalue weighted by Gasteiger charge is 2.39. The quantitative estimate of drug-likeness (QED) is 0.571. The van der Waals surface area contributed by atoms with Gasteiger partial charge in [0.05, 0.1) is 21.3 Å². The van der Waals surface area contributed by atoms with Crippen LogP contribution in [0.5, 0.6) is 17.2 Å². The molecule has 0 fully saturated rings. The number of nitrogens with zero attached hydrogens (tertiary/aromatic N) is 1. The van der Waals surface area contributed by atoms with Crippen molar-refractivity contribution in [2.75, 3.05) is 26.6 Å². The van der Waals surface area contributed by atoms with Gasteiger partial charge in [-0.1, -0.05) is 0 Å². The SMILES string of the molecule is COc1cc([C@H]2C(C(=O)Nc3ccc(Br)cn3)=C(C)NC3=C2C(=O)CCC3)cc(OC)c1OC. The molecule has 8 nitrogen and oxygen atoms in total. The minimum Gasteiger partial charge on any atom is -0.493 e. The van der Waals surface area contributed by atoms with Crippen LogP contribution in [0.1, 0.15) is 37.7 Å². The number of methoxy groups -OCH3 is 3. The fraction of sp³-hybridized carbons (Fsp3) is 0.320. The molecular weight excluding hydrogens is 502 g/mol. The molecule has 0 unspecified atom stereocenters. The topological polar surface area (TPSA) is 98.8 Å². The number of allylic oxidation sites excluding steroid dienone is 3. The number of Topliss-reactive ketones (excluding diaryl/α,β-unsaturated/α-hetero) is 1. The number of aromatic nitrogens is 1. The summed E-state index contributed by atoms with van der Waals surface area (Å²) in [5.41, 5.74) is 3.27. The summed E-state index contributed by atoms with van der Waals surface area (Å²) in [7, 11) is 4.60. The van der Waals surface area contributed by atoms with E-state index in [1.807, 2.05) is 6.92 Å². The Hall–Kier alpha value is -3.33. The molecule has 2 aliphatic rings. The van der Waals surface area contributed by atoms with Crippen LogP contribution in [0.4, 0.5) is 5.82 Å². The van der Waals surface area contributed by atoms with Crippen LogP contribution in [-0.2, 0) is 9.59 Å². The van der Waals surface area contributed by atoms with Gasteiger partial charge in [0.1, 0.15) is 5.82 Å². The molecule has 0 saturated carbocycles. The smallest absolute Gasteiger partial charge is 0.255 e. The average Bonchev–Trinajstić information content (AvgIpc) is 2.83. The molecule has 0 spiro atoms. The maximum absolute atomic E-state index is 13.6. The lowest BCUT2D eigenvalue weighted by molar-refractivity contribution is -0.116. The van der Waals surface area contributed by atoms with Crippen LogP contribution in [-0.4, -0.2) is 38.0 Å². The predicted molar refractivity (Wildman–Crippen MR) is 131 cm³/mol. The molecule has 4 rings (SSSR count). The van der Waals surface area contributed by atoms with Crippen molar-refractivity contribution in [2.45, 2.75) is 32.1 Å². The maximum Gasteiger partial charge on any atom is 0.255 e. The van der Waals surface area contributed by atoms with Crippen LogP contribution in [0.15, 0.2) is 57.5 Å². The van der Waals surface area contributed by atoms with Gasteiger partial charge >= 0.3 is 0 Å². The van der Waals surface area contributed by atoms with Crippen LogP contribution in [0.25, 0.3) is 0 Å². The molecule has 1 aromatic carbocycles. The molecule has 0 radical (unpaired) electrons. The van der Waals surface area contributed by atoms with E-state index >= 15 is 0 Å². The van der Waals surface area contributed by atoms with Crippen molar-refractivity contribution in [3.8, 4) is 17.2 Å². The van der Waals surface area contributed by atoms with Gasteiger partial charge in [-0.2, -0.15) is 0 Å². The van der Waals surface area contributed by atoms with E-state index in [4.69, 9.17) is 14.2 Å². The molecule has 1 amide bonds. The Morgan fingerprint density at radius 1 is 1.12 bits per heavy atom. The number of nitrogens with one attached hydrogen (secondary N) is 2. The minimum absolute atomic E-state index is 0.0204. The third-order valence-corrected chi connectivity index (χ3v) is 6.48. The summed E-state index contributed by atoms with van der Waals surface area (Å²) in [5.74, 6) is 0.828. The summed E-state index contributed by atoms with van der Waals surface area (Å²) >= 11 is 3.35. The number of hydrogen-bond acceptors (Lipinski definition) is 7. The molecule has 1 aromatic heterocycles. The first-order chi connectivity index (χ1) is 16.4. The molecule has 1 atom stereocenters. The first-order valence-electron chi connectivity index (χ1n) is 10.8. The van der Waals surface area contributed by atoms with E-state index in [0.29, 0.717) is 51.9 Å². The van der Waals surface area contributed by atoms with Gasteiger partial charge in [-0.3, -0.25) is 9.59 Å². The number of carbonyl (C=O) groups is 2. The number of pyridine rings is 1. The Morgan fingerprint density at radius 2 is 1.82 bits per heavy atom. The van der Waals surface area contributed by atoms with Gasteiger partial charge in [0.25, 0.3) is 5.91 Å². The van der Waals surface area contributed by atoms with Crippen LogP contribution >= 0.6 is 15.9 Å². The second-order valence-corrected chi connectivity index (χ2v) is 8.96. The molecule has 34 heavy (non-hydrogen) atoms. The van der Waals surface area contributed by atoms with Gasteiger partial charge in [0.2, 0.25) is 5.75 Å². The monoisotopic (exact) mass is 527 g/mol. The van der Waals surface area contributed by atoms with E-state index in [9.17, 15) is 9.59 Å². The van der Waals surface area contributed by atoms with Crippen molar-refractivity contribution in [1.29, 1.82) is 0 Å². The highest BCUT2D eigenvalue weighted by atomic mass is 79.9. The van der Waals surface area contributed by atoms with Gasteiger partial charge in [0, 0.05) is 45.5 Å². The predicted octanol–water partition coefficient (Wildman–Crippen LogP) is 4.48. The fourth-order valence-electron chi connectivity index (χ4n) is 4.52. The number of dihydropyridines is 1. The summed E-state index contributed by atoms with van der Waals surface area (Å²) in [6.07, 6.45) is 3.55. The lowest BCUT2D eigenvalue weighted by Gasteiger charge is -2.34. The number of amides is 1. The zero-order valence-electron chi connectivity index (χ0n) is 19.5. The number of carbonyl (C=O) groups excluding carboxylic acids is 2. The van der Waals surface area contributed by atoms with Crippen molar-refractivity contribution < 1.29 is 23.8 Å². The van der Waals surface area contributed by atoms with Crippen molar-refractivity contribution in [2.24, 2.45) is 0 Å². The Labute approximate surface area is 206 Å². The first-order valence-corrected chi connectivity index (χ1v) is 11.6. The largest absolute Gasteiger partial charge is 0.493 e. The van der Waals surface area contributed by atoms with E-state index in [1.54, 1.807) is 30.5 Å². The van der Waals surface area contributed by atoms with Crippen LogP contribution in [0, 0.1) is 0 Å². The molecule has 1 aliphatic heterocycles. The second-order valence-electron chi connectivity index (χ2n) is 8.04. The first kappa shape index (κ1) is 23.8. The van der Waals surface area contributed by atoms with Gasteiger partial charge in [-0.25, -0.2) is 4.98 Å². The Morgan fingerprint density at radius 3 is 2.41 bits per heavy atom. The molecule has 2 heterocycles. The number of hydrogen-bond donors (Lipinski definition) is 2. The number of ketones is 1. The van der Waals surface area contributed by atoms with Gasteiger partial charge in [0.15, 0.2) is 17.3 Å². The highest BCUT2D eigenvalue weighted by Crippen LogP contribution is 2.47. The zero-order chi connectivity index (χ0) is 24.4. The molecule has 2 aromatic rings. The minimum atomic E-state index is -0.604. The van der Waals surface area contributed by atoms with E-state index in [2.05, 4.69) is 31.5 Å². The van der Waals surface area contributed by atoms with Gasteiger partial charge in [-0.05, 0) is 65.5 Å². The summed E-state index contributed by atoms with van der Waals surface area (Å²) in [6, 6.07) is 7.09. The number of ether oxygens (including phenoxy) is 3. The molecular formula is C25H26BrN3O5. The van der Waals surface area contributed by atoms with E-state index in [0.717, 1.165) is 23.0 Å². The summed E-state index contributed by atoms with van der Waals surface area (Å²) in [4.78, 5) is 31.0. The summed E-state index contributed by atoms with van der Waals surface area (Å²) in [5, 5.41) is 6.19. The number of rotatable bonds is 6. The number of halogens is 1. The van der Waals surface area contributed by atoms with Crippen molar-refractivity contribution >= 4 is 33.4 Å². The third kappa shape index (κ3) is 4.40. The molecule has 0 saturated heterocycles. The standard InChI is InChI=1S/C25H26BrN3O5/c1-13-21(25(31)29-20-9-8-15(26)12-27-20)22(23-16(28-13)6-5-7-17(23)30)14-10-18(32-2)24(34-4)19(11-14)33-3/h8-12,22,28H,5-7H2,1-4H3,(H,27,29,31)/t22-/m0/s1. The average molecular weight is 528 g/mol. The van der Waals surface area contributed by atoms with Gasteiger partial charge < -0.3 is 24.8 Å². The fourth-order valence-corrected chi connectivity index (χ4v) is 4.75. The second kappa shape index (κ2) is 9.89. The number of anilines is 1. The Balaban J connectivity index is 1.86. The lowest BCUT2D eigenvalue weighted by atomic mass is 9.75. The van der Waals surface area contributed by atoms with Crippen LogP contribution < -0.4 is 24.8 Å². The maximum atomic E-state index is 13.6. The summed E-state index contributed by atoms with van der Waals surface area (Å²) < 4.78 is 17.4. The van der Waals surface area contributed by atoms with Gasteiger partial charge in [-0.15, -0.1) is 0 Å². The van der Waals surface area contributed by atoms with Crippen molar-refractivity contribution in [3.63, 3.8) is 0 Å². The van der Waals surface area contributed by atoms with Crippen molar-refractivity contribution in [1.82, 2.24) is 10.3 Å². The Kier molecular flexibility index (Phi) is 6.92. The van der Waals surface area contributed by atoms with E-state index < -0.39 is 5.92 Å². The van der Waals surface area contributed by atoms with E-state index in [1.165, 1.54) is 21.3 Å². The normalized spacial score (nSPS) is 17.7. The molecule has 2 N–H and O–H groups in total. The van der Waals surface area contributed by atoms with Crippen LogP contribution in [0.3, 0.4) is 0 Å². The molecule has 178 valence electrons. The zero-order valence-corrected chi connectivity index (χ0v) is 21.0. The molecule has 0 bridgehead atoms. The van der Waals surface area contributed by atoms with Crippen molar-refractivity contribution in [3.05, 3.63) is 63.0 Å².